The molecule has 0 aromatic heterocycles. The Morgan fingerprint density at radius 1 is 1.14 bits per heavy atom. The number of hydrogen-bond donors (Lipinski definition) is 2. The minimum Gasteiger partial charge on any atom is -0.303 e. The van der Waals surface area contributed by atoms with Gasteiger partial charge in [-0.3, -0.25) is 14.8 Å². The van der Waals surface area contributed by atoms with Gasteiger partial charge in [0.05, 0.1) is 0 Å². The molecule has 0 aliphatic heterocycles. The smallest absolute Gasteiger partial charge is 0.243 e. The molecule has 1 rings (SSSR count). The Morgan fingerprint density at radius 3 is 2.48 bits per heavy atom. The van der Waals surface area contributed by atoms with Gasteiger partial charge < -0.3 is 4.90 Å². The number of rotatable bonds is 10. The average Bonchev–Trinajstić information content (AvgIpc) is 2.51. The molecule has 5 nitrogen and oxygen atoms in total. The molecular formula is C16H24N2O3. The number of hydrogen-bond acceptors (Lipinski definition) is 4. The summed E-state index contributed by atoms with van der Waals surface area (Å²) >= 11 is 0. The van der Waals surface area contributed by atoms with Crippen LogP contribution in [0.4, 0.5) is 0 Å². The van der Waals surface area contributed by atoms with Gasteiger partial charge >= 0.3 is 0 Å². The van der Waals surface area contributed by atoms with Crippen molar-refractivity contribution in [3.8, 4) is 0 Å². The largest absolute Gasteiger partial charge is 0.303 e. The number of carbonyl (C=O) groups excluding carboxylic acids is 2. The van der Waals surface area contributed by atoms with E-state index in [4.69, 9.17) is 5.21 Å². The maximum absolute atomic E-state index is 11.9. The summed E-state index contributed by atoms with van der Waals surface area (Å²) in [6.07, 6.45) is 1.97. The Bertz CT molecular complexity index is 434. The molecule has 2 N–H and O–H groups in total. The van der Waals surface area contributed by atoms with E-state index in [0.29, 0.717) is 32.2 Å². The molecular weight excluding hydrogens is 268 g/mol. The zero-order valence-electron chi connectivity index (χ0n) is 12.5. The SMILES string of the molecule is CCN(CCCC(=O)NO)CCC(=O)Cc1ccccc1. The number of nitrogens with one attached hydrogen (secondary N) is 1. The Labute approximate surface area is 125 Å². The normalized spacial score (nSPS) is 10.6. The molecule has 0 heterocycles. The minimum atomic E-state index is -0.369. The minimum absolute atomic E-state index is 0.229. The second-order valence-electron chi connectivity index (χ2n) is 5.02. The summed E-state index contributed by atoms with van der Waals surface area (Å²) in [6.45, 7) is 4.35. The number of nitrogens with zero attached hydrogens (tertiary/aromatic N) is 1. The molecule has 0 atom stereocenters. The molecule has 0 unspecified atom stereocenters. The maximum Gasteiger partial charge on any atom is 0.243 e. The van der Waals surface area contributed by atoms with E-state index in [9.17, 15) is 9.59 Å². The molecule has 0 bridgehead atoms. The van der Waals surface area contributed by atoms with Crippen LogP contribution in [0.2, 0.25) is 0 Å². The van der Waals surface area contributed by atoms with E-state index in [2.05, 4.69) is 4.90 Å². The van der Waals surface area contributed by atoms with E-state index in [1.54, 1.807) is 5.48 Å². The van der Waals surface area contributed by atoms with Crippen molar-refractivity contribution in [1.82, 2.24) is 10.4 Å². The Balaban J connectivity index is 2.24. The van der Waals surface area contributed by atoms with E-state index < -0.39 is 0 Å². The first kappa shape index (κ1) is 17.3. The Morgan fingerprint density at radius 2 is 1.86 bits per heavy atom. The molecule has 0 aliphatic rings. The van der Waals surface area contributed by atoms with Crippen LogP contribution in [0.15, 0.2) is 30.3 Å². The highest BCUT2D eigenvalue weighted by molar-refractivity contribution is 5.81. The van der Waals surface area contributed by atoms with Crippen LogP contribution in [0.25, 0.3) is 0 Å². The lowest BCUT2D eigenvalue weighted by Crippen LogP contribution is -2.29. The van der Waals surface area contributed by atoms with Crippen molar-refractivity contribution >= 4 is 11.7 Å². The summed E-state index contributed by atoms with van der Waals surface area (Å²) < 4.78 is 0. The number of amides is 1. The molecule has 1 aromatic rings. The lowest BCUT2D eigenvalue weighted by atomic mass is 10.1. The van der Waals surface area contributed by atoms with E-state index in [1.807, 2.05) is 37.3 Å². The molecule has 0 saturated heterocycles. The quantitative estimate of drug-likeness (QED) is 0.509. The highest BCUT2D eigenvalue weighted by Gasteiger charge is 2.08. The zero-order valence-corrected chi connectivity index (χ0v) is 12.5. The number of hydroxylamine groups is 1. The lowest BCUT2D eigenvalue weighted by molar-refractivity contribution is -0.129. The fourth-order valence-corrected chi connectivity index (χ4v) is 2.14. The van der Waals surface area contributed by atoms with Crippen molar-refractivity contribution in [2.24, 2.45) is 0 Å². The van der Waals surface area contributed by atoms with Crippen LogP contribution in [-0.4, -0.2) is 41.4 Å². The summed E-state index contributed by atoms with van der Waals surface area (Å²) in [7, 11) is 0. The van der Waals surface area contributed by atoms with Gasteiger partial charge in [0, 0.05) is 25.8 Å². The molecule has 0 spiro atoms. The first-order chi connectivity index (χ1) is 10.2. The van der Waals surface area contributed by atoms with Gasteiger partial charge in [0.2, 0.25) is 5.91 Å². The molecule has 0 aliphatic carbocycles. The number of carbonyl (C=O) groups is 2. The van der Waals surface area contributed by atoms with Crippen LogP contribution in [0, 0.1) is 0 Å². The van der Waals surface area contributed by atoms with Crippen molar-refractivity contribution in [3.63, 3.8) is 0 Å². The van der Waals surface area contributed by atoms with Gasteiger partial charge in [0.15, 0.2) is 0 Å². The molecule has 1 aromatic carbocycles. The van der Waals surface area contributed by atoms with E-state index in [0.717, 1.165) is 18.7 Å². The van der Waals surface area contributed by atoms with Gasteiger partial charge in [-0.25, -0.2) is 5.48 Å². The Kier molecular flexibility index (Phi) is 8.31. The topological polar surface area (TPSA) is 69.6 Å². The van der Waals surface area contributed by atoms with Gasteiger partial charge in [-0.05, 0) is 25.1 Å². The van der Waals surface area contributed by atoms with Crippen molar-refractivity contribution in [1.29, 1.82) is 0 Å². The summed E-state index contributed by atoms with van der Waals surface area (Å²) in [5, 5.41) is 8.42. The van der Waals surface area contributed by atoms with E-state index in [1.165, 1.54) is 0 Å². The number of ketones is 1. The standard InChI is InChI=1S/C16H24N2O3/c1-2-18(11-6-9-16(20)17-21)12-10-15(19)13-14-7-4-3-5-8-14/h3-5,7-8,21H,2,6,9-13H2,1H3,(H,17,20). The van der Waals surface area contributed by atoms with Crippen molar-refractivity contribution in [3.05, 3.63) is 35.9 Å². The second kappa shape index (κ2) is 10.1. The third kappa shape index (κ3) is 7.58. The molecule has 0 radical (unpaired) electrons. The fourth-order valence-electron chi connectivity index (χ4n) is 2.14. The first-order valence-electron chi connectivity index (χ1n) is 7.36. The van der Waals surface area contributed by atoms with Crippen molar-refractivity contribution in [2.45, 2.75) is 32.6 Å². The van der Waals surface area contributed by atoms with Crippen LogP contribution in [0.3, 0.4) is 0 Å². The third-order valence-corrected chi connectivity index (χ3v) is 3.40. The second-order valence-corrected chi connectivity index (χ2v) is 5.02. The lowest BCUT2D eigenvalue weighted by Gasteiger charge is -2.19. The van der Waals surface area contributed by atoms with E-state index in [-0.39, 0.29) is 11.7 Å². The molecule has 0 fully saturated rings. The van der Waals surface area contributed by atoms with Crippen LogP contribution in [-0.2, 0) is 16.0 Å². The van der Waals surface area contributed by atoms with Gasteiger partial charge in [0.25, 0.3) is 0 Å². The zero-order chi connectivity index (χ0) is 15.5. The highest BCUT2D eigenvalue weighted by Crippen LogP contribution is 2.03. The van der Waals surface area contributed by atoms with Gasteiger partial charge in [0.1, 0.15) is 5.78 Å². The van der Waals surface area contributed by atoms with Crippen molar-refractivity contribution in [2.75, 3.05) is 19.6 Å². The van der Waals surface area contributed by atoms with Crippen LogP contribution in [0.1, 0.15) is 31.7 Å². The molecule has 21 heavy (non-hydrogen) atoms. The third-order valence-electron chi connectivity index (χ3n) is 3.40. The maximum atomic E-state index is 11.9. The molecule has 1 amide bonds. The molecule has 5 heteroatoms. The summed E-state index contributed by atoms with van der Waals surface area (Å²) in [4.78, 5) is 25.0. The fraction of sp³-hybridized carbons (Fsp3) is 0.500. The first-order valence-corrected chi connectivity index (χ1v) is 7.36. The van der Waals surface area contributed by atoms with Crippen molar-refractivity contribution < 1.29 is 14.8 Å². The molecule has 116 valence electrons. The summed E-state index contributed by atoms with van der Waals surface area (Å²) in [5.41, 5.74) is 2.67. The summed E-state index contributed by atoms with van der Waals surface area (Å²) in [6, 6.07) is 9.74. The number of benzene rings is 1. The highest BCUT2D eigenvalue weighted by atomic mass is 16.5. The Hall–Kier alpha value is -1.72. The van der Waals surface area contributed by atoms with Crippen LogP contribution in [0.5, 0.6) is 0 Å². The van der Waals surface area contributed by atoms with Gasteiger partial charge in [-0.2, -0.15) is 0 Å². The monoisotopic (exact) mass is 292 g/mol. The predicted octanol–water partition coefficient (Wildman–Crippen LogP) is 1.80. The van der Waals surface area contributed by atoms with E-state index >= 15 is 0 Å². The summed E-state index contributed by atoms with van der Waals surface area (Å²) in [5.74, 6) is -0.140. The van der Waals surface area contributed by atoms with Crippen LogP contribution >= 0.6 is 0 Å². The van der Waals surface area contributed by atoms with Crippen LogP contribution < -0.4 is 5.48 Å². The molecule has 0 saturated carbocycles. The van der Waals surface area contributed by atoms with Gasteiger partial charge in [-0.1, -0.05) is 37.3 Å². The number of Topliss-reactive ketones (excluding diaryl/α,β-unsaturated/α-hetero) is 1. The predicted molar refractivity (Wildman–Crippen MR) is 81.0 cm³/mol. The average molecular weight is 292 g/mol. The van der Waals surface area contributed by atoms with Gasteiger partial charge in [-0.15, -0.1) is 0 Å².